The molecule has 0 fully saturated rings. The maximum Gasteiger partial charge on any atom is 0.224 e. The van der Waals surface area contributed by atoms with Crippen molar-refractivity contribution in [2.45, 2.75) is 27.2 Å². The predicted molar refractivity (Wildman–Crippen MR) is 69.6 cm³/mol. The van der Waals surface area contributed by atoms with Gasteiger partial charge in [0.05, 0.1) is 16.4 Å². The van der Waals surface area contributed by atoms with Gasteiger partial charge in [0.2, 0.25) is 5.91 Å². The number of hydrogen-bond donors (Lipinski definition) is 1. The van der Waals surface area contributed by atoms with Crippen LogP contribution in [0.5, 0.6) is 0 Å². The Labute approximate surface area is 109 Å². The number of pyridine rings is 1. The van der Waals surface area contributed by atoms with E-state index in [1.807, 2.05) is 20.8 Å². The molecule has 0 unspecified atom stereocenters. The molecule has 0 aliphatic rings. The molecule has 0 aromatic carbocycles. The second-order valence-electron chi connectivity index (χ2n) is 4.78. The Morgan fingerprint density at radius 3 is 2.69 bits per heavy atom. The zero-order valence-corrected chi connectivity index (χ0v) is 11.8. The minimum absolute atomic E-state index is 0.0245. The van der Waals surface area contributed by atoms with Gasteiger partial charge in [-0.2, -0.15) is 0 Å². The summed E-state index contributed by atoms with van der Waals surface area (Å²) in [6, 6.07) is 1.73. The first-order chi connectivity index (χ1) is 7.28. The molecule has 16 heavy (non-hydrogen) atoms. The molecular weight excluding hydrogens is 291 g/mol. The van der Waals surface area contributed by atoms with Gasteiger partial charge in [-0.1, -0.05) is 32.4 Å². The van der Waals surface area contributed by atoms with Crippen LogP contribution in [0.3, 0.4) is 0 Å². The number of anilines is 1. The molecule has 0 aliphatic heterocycles. The molecule has 0 atom stereocenters. The third-order valence-electron chi connectivity index (χ3n) is 1.77. The summed E-state index contributed by atoms with van der Waals surface area (Å²) < 4.78 is 0.669. The van der Waals surface area contributed by atoms with E-state index >= 15 is 0 Å². The normalized spacial score (nSPS) is 11.3. The third kappa shape index (κ3) is 4.49. The van der Waals surface area contributed by atoms with E-state index in [0.717, 1.165) is 0 Å². The largest absolute Gasteiger partial charge is 0.325 e. The van der Waals surface area contributed by atoms with Gasteiger partial charge in [0.25, 0.3) is 0 Å². The Morgan fingerprint density at radius 1 is 1.56 bits per heavy atom. The molecule has 5 heteroatoms. The zero-order chi connectivity index (χ0) is 12.3. The number of rotatable bonds is 2. The second kappa shape index (κ2) is 5.15. The molecule has 1 heterocycles. The van der Waals surface area contributed by atoms with Crippen LogP contribution >= 0.6 is 27.5 Å². The molecule has 0 spiro atoms. The lowest BCUT2D eigenvalue weighted by Crippen LogP contribution is -2.19. The van der Waals surface area contributed by atoms with Gasteiger partial charge >= 0.3 is 0 Å². The van der Waals surface area contributed by atoms with Crippen LogP contribution in [0.4, 0.5) is 5.69 Å². The average Bonchev–Trinajstić information content (AvgIpc) is 2.08. The van der Waals surface area contributed by atoms with Crippen LogP contribution in [0, 0.1) is 5.41 Å². The van der Waals surface area contributed by atoms with E-state index in [-0.39, 0.29) is 11.3 Å². The van der Waals surface area contributed by atoms with Gasteiger partial charge < -0.3 is 5.32 Å². The van der Waals surface area contributed by atoms with Crippen molar-refractivity contribution in [2.75, 3.05) is 5.32 Å². The number of carbonyl (C=O) groups excluding carboxylic acids is 1. The standard InChI is InChI=1S/C11H14BrClN2O/c1-11(2,3)5-9(16)15-7-4-8(12)10(13)14-6-7/h4,6H,5H2,1-3H3,(H,15,16). The zero-order valence-electron chi connectivity index (χ0n) is 9.47. The lowest BCUT2D eigenvalue weighted by Gasteiger charge is -2.17. The highest BCUT2D eigenvalue weighted by Gasteiger charge is 2.16. The van der Waals surface area contributed by atoms with E-state index < -0.39 is 0 Å². The molecule has 1 aromatic rings. The van der Waals surface area contributed by atoms with E-state index in [0.29, 0.717) is 21.7 Å². The first-order valence-corrected chi connectivity index (χ1v) is 6.06. The summed E-state index contributed by atoms with van der Waals surface area (Å²) in [6.45, 7) is 6.05. The van der Waals surface area contributed by atoms with Crippen molar-refractivity contribution >= 4 is 39.1 Å². The lowest BCUT2D eigenvalue weighted by atomic mass is 9.92. The quantitative estimate of drug-likeness (QED) is 0.843. The second-order valence-corrected chi connectivity index (χ2v) is 5.99. The Kier molecular flexibility index (Phi) is 4.33. The number of hydrogen-bond acceptors (Lipinski definition) is 2. The molecule has 1 aromatic heterocycles. The van der Waals surface area contributed by atoms with Gasteiger partial charge in [-0.25, -0.2) is 4.98 Å². The van der Waals surface area contributed by atoms with Crippen molar-refractivity contribution in [1.29, 1.82) is 0 Å². The smallest absolute Gasteiger partial charge is 0.224 e. The van der Waals surface area contributed by atoms with Crippen molar-refractivity contribution in [3.63, 3.8) is 0 Å². The number of carbonyl (C=O) groups is 1. The maximum atomic E-state index is 11.6. The molecule has 88 valence electrons. The fraction of sp³-hybridized carbons (Fsp3) is 0.455. The van der Waals surface area contributed by atoms with E-state index in [9.17, 15) is 4.79 Å². The summed E-state index contributed by atoms with van der Waals surface area (Å²) in [5.41, 5.74) is 0.617. The van der Waals surface area contributed by atoms with Gasteiger partial charge in [0.1, 0.15) is 5.15 Å². The molecule has 0 saturated heterocycles. The Bertz CT molecular complexity index is 401. The summed E-state index contributed by atoms with van der Waals surface area (Å²) in [5.74, 6) is -0.0245. The third-order valence-corrected chi connectivity index (χ3v) is 2.90. The van der Waals surface area contributed by atoms with Crippen LogP contribution in [0.1, 0.15) is 27.2 Å². The van der Waals surface area contributed by atoms with E-state index in [4.69, 9.17) is 11.6 Å². The Morgan fingerprint density at radius 2 is 2.19 bits per heavy atom. The number of nitrogens with zero attached hydrogens (tertiary/aromatic N) is 1. The number of nitrogens with one attached hydrogen (secondary N) is 1. The lowest BCUT2D eigenvalue weighted by molar-refractivity contribution is -0.117. The first kappa shape index (κ1) is 13.5. The van der Waals surface area contributed by atoms with Crippen LogP contribution in [0.25, 0.3) is 0 Å². The van der Waals surface area contributed by atoms with Crippen molar-refractivity contribution in [2.24, 2.45) is 5.41 Å². The van der Waals surface area contributed by atoms with E-state index in [1.54, 1.807) is 6.07 Å². The molecule has 1 amide bonds. The van der Waals surface area contributed by atoms with Crippen molar-refractivity contribution in [3.05, 3.63) is 21.9 Å². The van der Waals surface area contributed by atoms with Crippen LogP contribution in [-0.4, -0.2) is 10.9 Å². The highest BCUT2D eigenvalue weighted by molar-refractivity contribution is 9.10. The number of amides is 1. The maximum absolute atomic E-state index is 11.6. The molecule has 1 N–H and O–H groups in total. The minimum atomic E-state index is -0.0266. The van der Waals surface area contributed by atoms with Crippen molar-refractivity contribution in [1.82, 2.24) is 4.98 Å². The summed E-state index contributed by atoms with van der Waals surface area (Å²) in [7, 11) is 0. The monoisotopic (exact) mass is 304 g/mol. The van der Waals surface area contributed by atoms with Gasteiger partial charge in [-0.15, -0.1) is 0 Å². The summed E-state index contributed by atoms with van der Waals surface area (Å²) in [5, 5.41) is 3.16. The fourth-order valence-corrected chi connectivity index (χ4v) is 1.63. The highest BCUT2D eigenvalue weighted by atomic mass is 79.9. The van der Waals surface area contributed by atoms with Crippen LogP contribution < -0.4 is 5.32 Å². The topological polar surface area (TPSA) is 42.0 Å². The Hall–Kier alpha value is -0.610. The van der Waals surface area contributed by atoms with E-state index in [2.05, 4.69) is 26.2 Å². The van der Waals surface area contributed by atoms with Gasteiger partial charge in [0, 0.05) is 6.42 Å². The van der Waals surface area contributed by atoms with Crippen LogP contribution in [0.15, 0.2) is 16.7 Å². The predicted octanol–water partition coefficient (Wildman–Crippen LogP) is 3.87. The fourth-order valence-electron chi connectivity index (χ4n) is 1.18. The molecule has 1 rings (SSSR count). The average molecular weight is 306 g/mol. The molecule has 0 saturated carbocycles. The first-order valence-electron chi connectivity index (χ1n) is 4.89. The summed E-state index contributed by atoms with van der Waals surface area (Å²) >= 11 is 9.00. The highest BCUT2D eigenvalue weighted by Crippen LogP contribution is 2.24. The minimum Gasteiger partial charge on any atom is -0.325 e. The summed E-state index contributed by atoms with van der Waals surface area (Å²) in [4.78, 5) is 15.6. The summed E-state index contributed by atoms with van der Waals surface area (Å²) in [6.07, 6.45) is 2.00. The van der Waals surface area contributed by atoms with Crippen molar-refractivity contribution in [3.8, 4) is 0 Å². The SMILES string of the molecule is CC(C)(C)CC(=O)Nc1cnc(Cl)c(Br)c1. The van der Waals surface area contributed by atoms with Crippen molar-refractivity contribution < 1.29 is 4.79 Å². The molecule has 0 radical (unpaired) electrons. The molecule has 3 nitrogen and oxygen atoms in total. The number of aromatic nitrogens is 1. The Balaban J connectivity index is 2.67. The van der Waals surface area contributed by atoms with E-state index in [1.165, 1.54) is 6.20 Å². The number of halogens is 2. The molecule has 0 aliphatic carbocycles. The molecular formula is C11H14BrClN2O. The molecule has 0 bridgehead atoms. The van der Waals surface area contributed by atoms with Crippen LogP contribution in [0.2, 0.25) is 5.15 Å². The van der Waals surface area contributed by atoms with Gasteiger partial charge in [-0.05, 0) is 27.4 Å². The van der Waals surface area contributed by atoms with Gasteiger partial charge in [0.15, 0.2) is 0 Å². The van der Waals surface area contributed by atoms with Crippen LogP contribution in [-0.2, 0) is 4.79 Å². The van der Waals surface area contributed by atoms with Gasteiger partial charge in [-0.3, -0.25) is 4.79 Å².